The first kappa shape index (κ1) is 23.5. The number of carbonyl (C=O) groups is 2. The van der Waals surface area contributed by atoms with E-state index in [2.05, 4.69) is 5.32 Å². The molecule has 0 aromatic heterocycles. The van der Waals surface area contributed by atoms with Crippen molar-refractivity contribution in [2.75, 3.05) is 26.3 Å². The molecule has 2 aliphatic rings. The Morgan fingerprint density at radius 1 is 1.03 bits per heavy atom. The highest BCUT2D eigenvalue weighted by atomic mass is 32.2. The van der Waals surface area contributed by atoms with Gasteiger partial charge in [-0.15, -0.1) is 0 Å². The van der Waals surface area contributed by atoms with Crippen LogP contribution in [0.1, 0.15) is 51.9 Å². The minimum atomic E-state index is -3.62. The summed E-state index contributed by atoms with van der Waals surface area (Å²) in [4.78, 5) is 24.6. The number of benzene rings is 1. The van der Waals surface area contributed by atoms with Crippen molar-refractivity contribution >= 4 is 21.9 Å². The molecule has 0 bridgehead atoms. The zero-order chi connectivity index (χ0) is 22.3. The summed E-state index contributed by atoms with van der Waals surface area (Å²) in [5, 5.41) is 2.92. The summed E-state index contributed by atoms with van der Waals surface area (Å²) in [6, 6.07) is 6.52. The third-order valence-corrected chi connectivity index (χ3v) is 7.79. The topological polar surface area (TPSA) is 102 Å². The first-order valence-electron chi connectivity index (χ1n) is 11.1. The van der Waals surface area contributed by atoms with E-state index in [1.54, 1.807) is 12.1 Å². The molecule has 1 amide bonds. The lowest BCUT2D eigenvalue weighted by molar-refractivity contribution is -0.153. The molecule has 1 saturated heterocycles. The van der Waals surface area contributed by atoms with E-state index in [1.165, 1.54) is 22.9 Å². The van der Waals surface area contributed by atoms with E-state index in [0.29, 0.717) is 25.2 Å². The Kier molecular flexibility index (Phi) is 8.31. The zero-order valence-electron chi connectivity index (χ0n) is 18.0. The SMILES string of the molecule is CCOc1ccc(S(=O)(=O)N2CCC(C(=O)OCC(=O)NC3CCCCC3)CC2)cc1. The Morgan fingerprint density at radius 3 is 2.29 bits per heavy atom. The van der Waals surface area contributed by atoms with Gasteiger partial charge in [0.15, 0.2) is 6.61 Å². The third kappa shape index (κ3) is 6.43. The van der Waals surface area contributed by atoms with Crippen molar-refractivity contribution in [2.45, 2.75) is 62.8 Å². The smallest absolute Gasteiger partial charge is 0.309 e. The number of esters is 1. The number of sulfonamides is 1. The van der Waals surface area contributed by atoms with Crippen molar-refractivity contribution in [1.29, 1.82) is 0 Å². The Hall–Kier alpha value is -2.13. The fourth-order valence-corrected chi connectivity index (χ4v) is 5.60. The Balaban J connectivity index is 1.44. The van der Waals surface area contributed by atoms with Crippen molar-refractivity contribution in [1.82, 2.24) is 9.62 Å². The van der Waals surface area contributed by atoms with Crippen molar-refractivity contribution in [2.24, 2.45) is 5.92 Å². The summed E-state index contributed by atoms with van der Waals surface area (Å²) in [6.07, 6.45) is 6.13. The molecule has 1 saturated carbocycles. The van der Waals surface area contributed by atoms with Crippen LogP contribution >= 0.6 is 0 Å². The molecule has 1 aromatic rings. The van der Waals surface area contributed by atoms with E-state index in [1.807, 2.05) is 6.92 Å². The second kappa shape index (κ2) is 10.9. The molecule has 8 nitrogen and oxygen atoms in total. The first-order valence-corrected chi connectivity index (χ1v) is 12.5. The monoisotopic (exact) mass is 452 g/mol. The molecule has 1 aromatic carbocycles. The highest BCUT2D eigenvalue weighted by molar-refractivity contribution is 7.89. The normalized spacial score (nSPS) is 19.0. The van der Waals surface area contributed by atoms with Gasteiger partial charge >= 0.3 is 5.97 Å². The summed E-state index contributed by atoms with van der Waals surface area (Å²) in [6.45, 7) is 2.58. The minimum Gasteiger partial charge on any atom is -0.494 e. The van der Waals surface area contributed by atoms with Crippen LogP contribution in [-0.2, 0) is 24.3 Å². The maximum atomic E-state index is 12.9. The number of hydrogen-bond acceptors (Lipinski definition) is 6. The van der Waals surface area contributed by atoms with Gasteiger partial charge in [-0.2, -0.15) is 4.31 Å². The van der Waals surface area contributed by atoms with Crippen LogP contribution < -0.4 is 10.1 Å². The molecule has 0 unspecified atom stereocenters. The fraction of sp³-hybridized carbons (Fsp3) is 0.636. The summed E-state index contributed by atoms with van der Waals surface area (Å²) >= 11 is 0. The molecular weight excluding hydrogens is 420 g/mol. The molecule has 1 aliphatic carbocycles. The molecule has 1 N–H and O–H groups in total. The number of carbonyl (C=O) groups excluding carboxylic acids is 2. The molecule has 0 atom stereocenters. The minimum absolute atomic E-state index is 0.177. The molecular formula is C22H32N2O6S. The van der Waals surface area contributed by atoms with Gasteiger partial charge in [0.25, 0.3) is 5.91 Å². The number of piperidine rings is 1. The average molecular weight is 453 g/mol. The Bertz CT molecular complexity index is 841. The van der Waals surface area contributed by atoms with Gasteiger partial charge in [0.1, 0.15) is 5.75 Å². The van der Waals surface area contributed by atoms with Gasteiger partial charge in [0.05, 0.1) is 17.4 Å². The van der Waals surface area contributed by atoms with Crippen molar-refractivity contribution in [3.05, 3.63) is 24.3 Å². The van der Waals surface area contributed by atoms with E-state index in [-0.39, 0.29) is 36.5 Å². The lowest BCUT2D eigenvalue weighted by atomic mass is 9.95. The van der Waals surface area contributed by atoms with Crippen molar-refractivity contribution in [3.8, 4) is 5.75 Å². The number of rotatable bonds is 8. The van der Waals surface area contributed by atoms with Crippen molar-refractivity contribution in [3.63, 3.8) is 0 Å². The van der Waals surface area contributed by atoms with Gasteiger partial charge in [0.2, 0.25) is 10.0 Å². The summed E-state index contributed by atoms with van der Waals surface area (Å²) in [5.41, 5.74) is 0. The molecule has 1 aliphatic heterocycles. The summed E-state index contributed by atoms with van der Waals surface area (Å²) in [7, 11) is -3.62. The lowest BCUT2D eigenvalue weighted by Gasteiger charge is -2.30. The van der Waals surface area contributed by atoms with Crippen LogP contribution in [0.15, 0.2) is 29.2 Å². The van der Waals surface area contributed by atoms with Crippen LogP contribution in [0.2, 0.25) is 0 Å². The highest BCUT2D eigenvalue weighted by Gasteiger charge is 2.33. The highest BCUT2D eigenvalue weighted by Crippen LogP contribution is 2.26. The van der Waals surface area contributed by atoms with Crippen LogP contribution in [0.3, 0.4) is 0 Å². The van der Waals surface area contributed by atoms with E-state index in [4.69, 9.17) is 9.47 Å². The molecule has 0 spiro atoms. The molecule has 31 heavy (non-hydrogen) atoms. The number of hydrogen-bond donors (Lipinski definition) is 1. The number of nitrogens with zero attached hydrogens (tertiary/aromatic N) is 1. The van der Waals surface area contributed by atoms with Gasteiger partial charge in [0, 0.05) is 19.1 Å². The molecule has 2 fully saturated rings. The van der Waals surface area contributed by atoms with Gasteiger partial charge < -0.3 is 14.8 Å². The average Bonchev–Trinajstić information content (AvgIpc) is 2.79. The Labute approximate surface area is 184 Å². The summed E-state index contributed by atoms with van der Waals surface area (Å²) in [5.74, 6) is -0.475. The van der Waals surface area contributed by atoms with E-state index in [0.717, 1.165) is 25.7 Å². The third-order valence-electron chi connectivity index (χ3n) is 5.88. The van der Waals surface area contributed by atoms with Crippen LogP contribution in [0.4, 0.5) is 0 Å². The molecule has 9 heteroatoms. The van der Waals surface area contributed by atoms with Gasteiger partial charge in [-0.25, -0.2) is 8.42 Å². The van der Waals surface area contributed by atoms with Crippen molar-refractivity contribution < 1.29 is 27.5 Å². The number of nitrogens with one attached hydrogen (secondary N) is 1. The van der Waals surface area contributed by atoms with E-state index < -0.39 is 21.9 Å². The number of ether oxygens (including phenoxy) is 2. The lowest BCUT2D eigenvalue weighted by Crippen LogP contribution is -2.42. The molecule has 3 rings (SSSR count). The fourth-order valence-electron chi connectivity index (χ4n) is 4.13. The largest absolute Gasteiger partial charge is 0.494 e. The molecule has 1 heterocycles. The Morgan fingerprint density at radius 2 is 1.68 bits per heavy atom. The second-order valence-corrected chi connectivity index (χ2v) is 10.0. The zero-order valence-corrected chi connectivity index (χ0v) is 18.9. The predicted molar refractivity (Wildman–Crippen MR) is 115 cm³/mol. The maximum absolute atomic E-state index is 12.9. The molecule has 0 radical (unpaired) electrons. The van der Waals surface area contributed by atoms with E-state index in [9.17, 15) is 18.0 Å². The van der Waals surface area contributed by atoms with E-state index >= 15 is 0 Å². The van der Waals surface area contributed by atoms with Crippen LogP contribution in [-0.4, -0.2) is 56.9 Å². The maximum Gasteiger partial charge on any atom is 0.309 e. The quantitative estimate of drug-likeness (QED) is 0.608. The second-order valence-electron chi connectivity index (χ2n) is 8.09. The van der Waals surface area contributed by atoms with Gasteiger partial charge in [-0.1, -0.05) is 19.3 Å². The first-order chi connectivity index (χ1) is 14.9. The molecule has 172 valence electrons. The standard InChI is InChI=1S/C22H32N2O6S/c1-2-29-19-8-10-20(11-9-19)31(27,28)24-14-12-17(13-15-24)22(26)30-16-21(25)23-18-6-4-3-5-7-18/h8-11,17-18H,2-7,12-16H2,1H3,(H,23,25). The van der Waals surface area contributed by atoms with Crippen LogP contribution in [0.25, 0.3) is 0 Å². The van der Waals surface area contributed by atoms with Crippen LogP contribution in [0.5, 0.6) is 5.75 Å². The number of amides is 1. The van der Waals surface area contributed by atoms with Gasteiger partial charge in [-0.3, -0.25) is 9.59 Å². The van der Waals surface area contributed by atoms with Crippen LogP contribution in [0, 0.1) is 5.92 Å². The van der Waals surface area contributed by atoms with Gasteiger partial charge in [-0.05, 0) is 56.9 Å². The predicted octanol–water partition coefficient (Wildman–Crippen LogP) is 2.48. The summed E-state index contributed by atoms with van der Waals surface area (Å²) < 4.78 is 37.6.